The third-order valence-corrected chi connectivity index (χ3v) is 5.00. The average molecular weight is 305 g/mol. The summed E-state index contributed by atoms with van der Waals surface area (Å²) in [4.78, 5) is 19.8. The Hall–Kier alpha value is -1.60. The zero-order valence-electron chi connectivity index (χ0n) is 12.0. The van der Waals surface area contributed by atoms with Gasteiger partial charge < -0.3 is 15.5 Å². The van der Waals surface area contributed by atoms with Gasteiger partial charge in [-0.15, -0.1) is 11.3 Å². The van der Waals surface area contributed by atoms with E-state index in [2.05, 4.69) is 31.5 Å². The van der Waals surface area contributed by atoms with Gasteiger partial charge in [0.2, 0.25) is 5.91 Å². The highest BCUT2D eigenvalue weighted by Gasteiger charge is 2.30. The molecule has 2 aromatic rings. The summed E-state index contributed by atoms with van der Waals surface area (Å²) in [6.07, 6.45) is 4.60. The van der Waals surface area contributed by atoms with Crippen LogP contribution in [0.25, 0.3) is 4.96 Å². The summed E-state index contributed by atoms with van der Waals surface area (Å²) >= 11 is 1.64. The van der Waals surface area contributed by atoms with Gasteiger partial charge in [0.15, 0.2) is 10.8 Å². The summed E-state index contributed by atoms with van der Waals surface area (Å²) in [5, 5.41) is 8.53. The van der Waals surface area contributed by atoms with Crippen LogP contribution in [0.1, 0.15) is 25.5 Å². The van der Waals surface area contributed by atoms with Crippen LogP contribution < -0.4 is 15.5 Å². The van der Waals surface area contributed by atoms with Crippen molar-refractivity contribution in [2.75, 3.05) is 18.0 Å². The first-order valence-corrected chi connectivity index (χ1v) is 8.34. The number of carbonyl (C=O) groups excluding carboxylic acids is 1. The van der Waals surface area contributed by atoms with Crippen LogP contribution in [0.3, 0.4) is 0 Å². The van der Waals surface area contributed by atoms with Crippen molar-refractivity contribution < 1.29 is 4.79 Å². The summed E-state index contributed by atoms with van der Waals surface area (Å²) in [5.74, 6) is 1.04. The Kier molecular flexibility index (Phi) is 3.11. The van der Waals surface area contributed by atoms with Crippen molar-refractivity contribution in [3.63, 3.8) is 0 Å². The first kappa shape index (κ1) is 13.1. The maximum absolute atomic E-state index is 11.9. The molecule has 2 aliphatic rings. The molecule has 1 unspecified atom stereocenters. The Balaban J connectivity index is 1.70. The number of carbonyl (C=O) groups is 1. The molecule has 2 aromatic heterocycles. The smallest absolute Gasteiger partial charge is 0.242 e. The lowest BCUT2D eigenvalue weighted by atomic mass is 10.2. The minimum atomic E-state index is -0.164. The minimum absolute atomic E-state index is 0.0821. The molecule has 0 radical (unpaired) electrons. The number of amides is 1. The van der Waals surface area contributed by atoms with Crippen LogP contribution in [0.4, 0.5) is 5.82 Å². The molecule has 1 saturated carbocycles. The van der Waals surface area contributed by atoms with Crippen molar-refractivity contribution >= 4 is 28.0 Å². The second-order valence-electron chi connectivity index (χ2n) is 5.75. The highest BCUT2D eigenvalue weighted by atomic mass is 32.1. The summed E-state index contributed by atoms with van der Waals surface area (Å²) < 4.78 is 2.15. The van der Waals surface area contributed by atoms with Gasteiger partial charge >= 0.3 is 0 Å². The lowest BCUT2D eigenvalue weighted by Crippen LogP contribution is -2.54. The van der Waals surface area contributed by atoms with Crippen LogP contribution in [-0.4, -0.2) is 40.5 Å². The molecule has 6 nitrogen and oxygen atoms in total. The van der Waals surface area contributed by atoms with Gasteiger partial charge in [0.1, 0.15) is 6.04 Å². The second kappa shape index (κ2) is 4.99. The number of aromatic nitrogens is 2. The van der Waals surface area contributed by atoms with Gasteiger partial charge in [-0.2, -0.15) is 0 Å². The van der Waals surface area contributed by atoms with Crippen LogP contribution in [0.2, 0.25) is 0 Å². The van der Waals surface area contributed by atoms with Gasteiger partial charge in [0, 0.05) is 37.3 Å². The molecule has 2 fully saturated rings. The molecule has 112 valence electrons. The largest absolute Gasteiger partial charge is 0.353 e. The summed E-state index contributed by atoms with van der Waals surface area (Å²) in [7, 11) is 0. The third kappa shape index (κ3) is 2.30. The topological polar surface area (TPSA) is 61.7 Å². The zero-order chi connectivity index (χ0) is 14.4. The van der Waals surface area contributed by atoms with E-state index in [1.807, 2.05) is 6.92 Å². The third-order valence-electron chi connectivity index (χ3n) is 4.25. The fourth-order valence-electron chi connectivity index (χ4n) is 2.82. The molecular formula is C14H19N5OS. The second-order valence-corrected chi connectivity index (χ2v) is 6.63. The lowest BCUT2D eigenvalue weighted by molar-refractivity contribution is -0.122. The number of piperazine rings is 1. The average Bonchev–Trinajstić information content (AvgIpc) is 3.08. The van der Waals surface area contributed by atoms with Crippen molar-refractivity contribution in [2.24, 2.45) is 0 Å². The molecule has 0 aromatic carbocycles. The Labute approximate surface area is 127 Å². The molecule has 7 heteroatoms. The van der Waals surface area contributed by atoms with E-state index in [0.29, 0.717) is 12.6 Å². The number of hydrogen-bond donors (Lipinski definition) is 2. The van der Waals surface area contributed by atoms with E-state index in [1.165, 1.54) is 18.5 Å². The number of rotatable bonds is 4. The number of imidazole rings is 1. The molecule has 1 saturated heterocycles. The molecule has 21 heavy (non-hydrogen) atoms. The van der Waals surface area contributed by atoms with Crippen molar-refractivity contribution in [1.82, 2.24) is 20.0 Å². The molecule has 1 aliphatic carbocycles. The SMILES string of the molecule is CC1C(=O)NCCN1c1nc2sccn2c1CNC1CC1. The number of nitrogens with zero attached hydrogens (tertiary/aromatic N) is 3. The van der Waals surface area contributed by atoms with E-state index in [9.17, 15) is 4.79 Å². The van der Waals surface area contributed by atoms with E-state index < -0.39 is 0 Å². The Morgan fingerprint density at radius 2 is 2.38 bits per heavy atom. The molecule has 2 N–H and O–H groups in total. The first-order valence-electron chi connectivity index (χ1n) is 7.46. The Morgan fingerprint density at radius 3 is 3.19 bits per heavy atom. The molecule has 4 rings (SSSR count). The number of thiazole rings is 1. The van der Waals surface area contributed by atoms with Gasteiger partial charge in [0.25, 0.3) is 0 Å². The highest BCUT2D eigenvalue weighted by molar-refractivity contribution is 7.15. The van der Waals surface area contributed by atoms with E-state index in [4.69, 9.17) is 4.98 Å². The quantitative estimate of drug-likeness (QED) is 0.884. The van der Waals surface area contributed by atoms with E-state index in [-0.39, 0.29) is 11.9 Å². The zero-order valence-corrected chi connectivity index (χ0v) is 12.8. The monoisotopic (exact) mass is 305 g/mol. The fourth-order valence-corrected chi connectivity index (χ4v) is 3.54. The standard InChI is InChI=1S/C14H19N5OS/c1-9-13(20)15-4-5-18(9)12-11(8-16-10-2-3-10)19-6-7-21-14(19)17-12/h6-7,9-10,16H,2-5,8H2,1H3,(H,15,20). The van der Waals surface area contributed by atoms with Crippen LogP contribution >= 0.6 is 11.3 Å². The Morgan fingerprint density at radius 1 is 1.52 bits per heavy atom. The maximum atomic E-state index is 11.9. The van der Waals surface area contributed by atoms with Gasteiger partial charge in [-0.1, -0.05) is 0 Å². The molecular weight excluding hydrogens is 286 g/mol. The predicted octanol–water partition coefficient (Wildman–Crippen LogP) is 0.972. The lowest BCUT2D eigenvalue weighted by Gasteiger charge is -2.33. The highest BCUT2D eigenvalue weighted by Crippen LogP contribution is 2.28. The molecule has 1 aliphatic heterocycles. The predicted molar refractivity (Wildman–Crippen MR) is 82.7 cm³/mol. The van der Waals surface area contributed by atoms with Crippen LogP contribution in [0.15, 0.2) is 11.6 Å². The van der Waals surface area contributed by atoms with Gasteiger partial charge in [0.05, 0.1) is 5.69 Å². The van der Waals surface area contributed by atoms with Gasteiger partial charge in [-0.3, -0.25) is 9.20 Å². The van der Waals surface area contributed by atoms with Crippen LogP contribution in [0, 0.1) is 0 Å². The van der Waals surface area contributed by atoms with Gasteiger partial charge in [-0.05, 0) is 19.8 Å². The number of fused-ring (bicyclic) bond motifs is 1. The van der Waals surface area contributed by atoms with Crippen molar-refractivity contribution in [3.05, 3.63) is 17.3 Å². The maximum Gasteiger partial charge on any atom is 0.242 e. The van der Waals surface area contributed by atoms with Gasteiger partial charge in [-0.25, -0.2) is 4.98 Å². The summed E-state index contributed by atoms with van der Waals surface area (Å²) in [5.41, 5.74) is 1.17. The van der Waals surface area contributed by atoms with E-state index >= 15 is 0 Å². The van der Waals surface area contributed by atoms with E-state index in [1.54, 1.807) is 11.3 Å². The first-order chi connectivity index (χ1) is 10.2. The molecule has 0 spiro atoms. The molecule has 0 bridgehead atoms. The summed E-state index contributed by atoms with van der Waals surface area (Å²) in [6, 6.07) is 0.493. The Bertz CT molecular complexity index is 674. The fraction of sp³-hybridized carbons (Fsp3) is 0.571. The number of hydrogen-bond acceptors (Lipinski definition) is 5. The van der Waals surface area contributed by atoms with Crippen molar-refractivity contribution in [3.8, 4) is 0 Å². The van der Waals surface area contributed by atoms with Crippen LogP contribution in [0.5, 0.6) is 0 Å². The van der Waals surface area contributed by atoms with E-state index in [0.717, 1.165) is 23.9 Å². The van der Waals surface area contributed by atoms with Crippen molar-refractivity contribution in [2.45, 2.75) is 38.4 Å². The molecule has 1 amide bonds. The van der Waals surface area contributed by atoms with Crippen molar-refractivity contribution in [1.29, 1.82) is 0 Å². The normalized spacial score (nSPS) is 22.8. The number of anilines is 1. The number of nitrogens with one attached hydrogen (secondary N) is 2. The molecule has 1 atom stereocenters. The van der Waals surface area contributed by atoms with Crippen LogP contribution in [-0.2, 0) is 11.3 Å². The summed E-state index contributed by atoms with van der Waals surface area (Å²) in [6.45, 7) is 4.25. The minimum Gasteiger partial charge on any atom is -0.353 e. The molecule has 3 heterocycles.